The molecular weight excluding hydrogens is 309 g/mol. The van der Waals surface area contributed by atoms with Gasteiger partial charge in [-0.2, -0.15) is 0 Å². The minimum absolute atomic E-state index is 0. The molecule has 0 atom stereocenters. The van der Waals surface area contributed by atoms with Crippen molar-refractivity contribution in [3.05, 3.63) is 37.3 Å². The summed E-state index contributed by atoms with van der Waals surface area (Å²) >= 11 is 0. The number of esters is 1. The Morgan fingerprint density at radius 2 is 1.57 bits per heavy atom. The molecule has 116 valence electrons. The SMILES string of the molecule is C=CC(=O)OCC(C)C.C=CC(N)=O.C=CS(=O)(=O)[O-].[Na+]. The molecular formula is C12H20NNaO6S. The Labute approximate surface area is 148 Å². The maximum absolute atomic E-state index is 10.4. The summed E-state index contributed by atoms with van der Waals surface area (Å²) in [6.45, 7) is 13.5. The van der Waals surface area contributed by atoms with E-state index in [1.165, 1.54) is 6.08 Å². The van der Waals surface area contributed by atoms with Crippen molar-refractivity contribution in [3.63, 3.8) is 0 Å². The molecule has 0 aromatic rings. The maximum atomic E-state index is 10.4. The smallest absolute Gasteiger partial charge is 0.745 e. The van der Waals surface area contributed by atoms with Crippen LogP contribution in [0.5, 0.6) is 0 Å². The van der Waals surface area contributed by atoms with E-state index >= 15 is 0 Å². The number of ether oxygens (including phenoxy) is 1. The summed E-state index contributed by atoms with van der Waals surface area (Å²) in [6, 6.07) is 0. The predicted octanol–water partition coefficient (Wildman–Crippen LogP) is -2.29. The molecule has 7 nitrogen and oxygen atoms in total. The molecule has 0 unspecified atom stereocenters. The van der Waals surface area contributed by atoms with Crippen molar-refractivity contribution in [2.75, 3.05) is 6.61 Å². The van der Waals surface area contributed by atoms with Gasteiger partial charge in [-0.25, -0.2) is 13.2 Å². The second kappa shape index (κ2) is 17.1. The van der Waals surface area contributed by atoms with Crippen molar-refractivity contribution in [1.29, 1.82) is 0 Å². The number of hydrogen-bond acceptors (Lipinski definition) is 6. The average molecular weight is 329 g/mol. The summed E-state index contributed by atoms with van der Waals surface area (Å²) in [6.07, 6.45) is 2.22. The molecule has 0 aliphatic heterocycles. The van der Waals surface area contributed by atoms with Crippen LogP contribution in [0, 0.1) is 5.92 Å². The van der Waals surface area contributed by atoms with Gasteiger partial charge in [0.2, 0.25) is 5.91 Å². The molecule has 0 bridgehead atoms. The Kier molecular flexibility index (Phi) is 23.0. The number of carbonyl (C=O) groups is 2. The van der Waals surface area contributed by atoms with Crippen LogP contribution in [0.15, 0.2) is 37.3 Å². The Bertz CT molecular complexity index is 419. The van der Waals surface area contributed by atoms with Gasteiger partial charge in [-0.15, -0.1) is 0 Å². The second-order valence-corrected chi connectivity index (χ2v) is 4.81. The minimum Gasteiger partial charge on any atom is -0.745 e. The monoisotopic (exact) mass is 329 g/mol. The molecule has 0 saturated heterocycles. The predicted molar refractivity (Wildman–Crippen MR) is 75.3 cm³/mol. The van der Waals surface area contributed by atoms with E-state index < -0.39 is 16.0 Å². The van der Waals surface area contributed by atoms with Gasteiger partial charge in [0.05, 0.1) is 6.61 Å². The fraction of sp³-hybridized carbons (Fsp3) is 0.333. The van der Waals surface area contributed by atoms with Crippen molar-refractivity contribution in [1.82, 2.24) is 0 Å². The number of rotatable bonds is 5. The Hall–Kier alpha value is -0.930. The van der Waals surface area contributed by atoms with Crippen LogP contribution in [0.25, 0.3) is 0 Å². The summed E-state index contributed by atoms with van der Waals surface area (Å²) in [5.74, 6) is -0.428. The molecule has 9 heteroatoms. The van der Waals surface area contributed by atoms with Gasteiger partial charge < -0.3 is 15.0 Å². The normalized spacial score (nSPS) is 8.57. The molecule has 0 rings (SSSR count). The summed E-state index contributed by atoms with van der Waals surface area (Å²) in [5.41, 5.74) is 4.53. The molecule has 0 heterocycles. The number of amides is 1. The molecule has 2 N–H and O–H groups in total. The first kappa shape index (κ1) is 28.3. The first-order valence-electron chi connectivity index (χ1n) is 5.29. The van der Waals surface area contributed by atoms with Crippen molar-refractivity contribution < 1.29 is 56.9 Å². The van der Waals surface area contributed by atoms with Crippen molar-refractivity contribution in [3.8, 4) is 0 Å². The topological polar surface area (TPSA) is 127 Å². The van der Waals surface area contributed by atoms with Crippen LogP contribution in [0.2, 0.25) is 0 Å². The van der Waals surface area contributed by atoms with E-state index in [9.17, 15) is 22.6 Å². The van der Waals surface area contributed by atoms with E-state index in [2.05, 4.69) is 25.5 Å². The van der Waals surface area contributed by atoms with E-state index in [0.717, 1.165) is 6.08 Å². The van der Waals surface area contributed by atoms with E-state index in [4.69, 9.17) is 4.74 Å². The molecule has 0 radical (unpaired) electrons. The van der Waals surface area contributed by atoms with Gasteiger partial charge in [-0.1, -0.05) is 33.6 Å². The number of carbonyl (C=O) groups excluding carboxylic acids is 2. The van der Waals surface area contributed by atoms with Crippen LogP contribution >= 0.6 is 0 Å². The van der Waals surface area contributed by atoms with Crippen LogP contribution in [0.4, 0.5) is 0 Å². The Morgan fingerprint density at radius 3 is 1.71 bits per heavy atom. The molecule has 0 spiro atoms. The third-order valence-electron chi connectivity index (χ3n) is 1.13. The van der Waals surface area contributed by atoms with Crippen LogP contribution < -0.4 is 35.3 Å². The average Bonchev–Trinajstić information content (AvgIpc) is 2.36. The van der Waals surface area contributed by atoms with Crippen LogP contribution in [-0.2, 0) is 24.4 Å². The zero-order chi connectivity index (χ0) is 16.8. The first-order chi connectivity index (χ1) is 8.99. The van der Waals surface area contributed by atoms with Crippen LogP contribution in [-0.4, -0.2) is 31.5 Å². The molecule has 0 aliphatic carbocycles. The van der Waals surface area contributed by atoms with Crippen LogP contribution in [0.3, 0.4) is 0 Å². The van der Waals surface area contributed by atoms with E-state index in [-0.39, 0.29) is 35.5 Å². The number of hydrogen-bond donors (Lipinski definition) is 1. The number of primary amides is 1. The zero-order valence-electron chi connectivity index (χ0n) is 12.6. The standard InChI is InChI=1S/C7H12O2.C3H5NO.C2H4O3S.Na/c1-4-7(8)9-5-6(2)3;1-2-3(4)5;1-2-6(3,4)5;/h4,6H,1,5H2,2-3H3;2H,1H2,(H2,4,5);2H,1H2,(H,3,4,5);/q;;;+1/p-1. The van der Waals surface area contributed by atoms with Crippen molar-refractivity contribution in [2.45, 2.75) is 13.8 Å². The first-order valence-corrected chi connectivity index (χ1v) is 6.76. The van der Waals surface area contributed by atoms with E-state index in [1.54, 1.807) is 0 Å². The van der Waals surface area contributed by atoms with Gasteiger partial charge in [0.25, 0.3) is 0 Å². The quantitative estimate of drug-likeness (QED) is 0.262. The summed E-state index contributed by atoms with van der Waals surface area (Å²) in [4.78, 5) is 19.8. The van der Waals surface area contributed by atoms with Gasteiger partial charge in [-0.05, 0) is 12.0 Å². The maximum Gasteiger partial charge on any atom is 1.00 e. The molecule has 21 heavy (non-hydrogen) atoms. The van der Waals surface area contributed by atoms with Gasteiger partial charge in [0, 0.05) is 11.5 Å². The molecule has 0 fully saturated rings. The van der Waals surface area contributed by atoms with Gasteiger partial charge in [-0.3, -0.25) is 4.79 Å². The fourth-order valence-corrected chi connectivity index (χ4v) is 0.308. The van der Waals surface area contributed by atoms with Gasteiger partial charge in [0.1, 0.15) is 10.1 Å². The van der Waals surface area contributed by atoms with Gasteiger partial charge >= 0.3 is 35.5 Å². The van der Waals surface area contributed by atoms with Gasteiger partial charge in [0.15, 0.2) is 0 Å². The third-order valence-corrected chi connectivity index (χ3v) is 1.54. The Balaban J connectivity index is -0.000000106. The molecule has 0 saturated carbocycles. The molecule has 1 amide bonds. The summed E-state index contributed by atoms with van der Waals surface area (Å²) in [7, 11) is -4.15. The largest absolute Gasteiger partial charge is 1.00 e. The molecule has 0 aliphatic rings. The second-order valence-electron chi connectivity index (χ2n) is 3.49. The zero-order valence-corrected chi connectivity index (χ0v) is 15.4. The van der Waals surface area contributed by atoms with E-state index in [0.29, 0.717) is 17.9 Å². The van der Waals surface area contributed by atoms with Crippen LogP contribution in [0.1, 0.15) is 13.8 Å². The summed E-state index contributed by atoms with van der Waals surface area (Å²) in [5, 5.41) is 0.354. The Morgan fingerprint density at radius 1 is 1.24 bits per heavy atom. The van der Waals surface area contributed by atoms with E-state index in [1.807, 2.05) is 13.8 Å². The third kappa shape index (κ3) is 45.3. The number of nitrogens with two attached hydrogens (primary N) is 1. The van der Waals surface area contributed by atoms with Crippen molar-refractivity contribution in [2.24, 2.45) is 11.7 Å². The fourth-order valence-electron chi connectivity index (χ4n) is 0.308. The summed E-state index contributed by atoms with van der Waals surface area (Å²) < 4.78 is 32.7. The molecule has 0 aromatic heterocycles. The van der Waals surface area contributed by atoms with Crippen molar-refractivity contribution >= 4 is 22.0 Å². The minimum atomic E-state index is -4.15. The molecule has 0 aromatic carbocycles.